The van der Waals surface area contributed by atoms with Crippen molar-refractivity contribution in [2.75, 3.05) is 31.6 Å². The molecule has 0 spiro atoms. The van der Waals surface area contributed by atoms with Crippen molar-refractivity contribution in [1.29, 1.82) is 0 Å². The van der Waals surface area contributed by atoms with E-state index in [9.17, 15) is 9.59 Å². The van der Waals surface area contributed by atoms with Crippen LogP contribution in [0.3, 0.4) is 0 Å². The lowest BCUT2D eigenvalue weighted by Crippen LogP contribution is -2.66. The van der Waals surface area contributed by atoms with Gasteiger partial charge in [0.25, 0.3) is 5.91 Å². The van der Waals surface area contributed by atoms with Crippen LogP contribution in [0.5, 0.6) is 0 Å². The molecule has 0 aromatic heterocycles. The van der Waals surface area contributed by atoms with Gasteiger partial charge in [-0.2, -0.15) is 0 Å². The van der Waals surface area contributed by atoms with Crippen molar-refractivity contribution < 1.29 is 9.59 Å². The Morgan fingerprint density at radius 3 is 2.46 bits per heavy atom. The summed E-state index contributed by atoms with van der Waals surface area (Å²) in [5.74, 6) is -0.0853. The number of anilines is 1. The van der Waals surface area contributed by atoms with E-state index in [4.69, 9.17) is 0 Å². The van der Waals surface area contributed by atoms with Crippen molar-refractivity contribution in [3.8, 4) is 0 Å². The number of fused-ring (bicyclic) bond motifs is 3. The van der Waals surface area contributed by atoms with E-state index in [2.05, 4.69) is 47.2 Å². The van der Waals surface area contributed by atoms with Gasteiger partial charge < -0.3 is 9.80 Å². The van der Waals surface area contributed by atoms with Gasteiger partial charge in [0.1, 0.15) is 18.5 Å². The lowest BCUT2D eigenvalue weighted by molar-refractivity contribution is -0.138. The van der Waals surface area contributed by atoms with E-state index in [1.54, 1.807) is 11.9 Å². The number of imide groups is 1. The van der Waals surface area contributed by atoms with Crippen molar-refractivity contribution in [2.45, 2.75) is 45.7 Å². The van der Waals surface area contributed by atoms with Crippen molar-refractivity contribution in [3.05, 3.63) is 29.3 Å². The Kier molecular flexibility index (Phi) is 4.16. The molecule has 26 heavy (non-hydrogen) atoms. The largest absolute Gasteiger partial charge is 0.343 e. The topological polar surface area (TPSA) is 59.1 Å². The third kappa shape index (κ3) is 2.49. The molecule has 1 N–H and O–H groups in total. The molecule has 1 aromatic rings. The zero-order valence-corrected chi connectivity index (χ0v) is 15.9. The molecular weight excluding hydrogens is 330 g/mol. The molecular formula is C19H27N5O2. The number of hydrogen-bond donors (Lipinski definition) is 1. The van der Waals surface area contributed by atoms with Crippen LogP contribution in [0, 0.1) is 13.8 Å². The molecule has 3 fully saturated rings. The van der Waals surface area contributed by atoms with E-state index in [1.165, 1.54) is 16.0 Å². The summed E-state index contributed by atoms with van der Waals surface area (Å²) in [6.45, 7) is 8.25. The second-order valence-corrected chi connectivity index (χ2v) is 7.54. The maximum absolute atomic E-state index is 13.0. The predicted octanol–water partition coefficient (Wildman–Crippen LogP) is 1.31. The summed E-state index contributed by atoms with van der Waals surface area (Å²) in [6.07, 6.45) is 0.635. The number of carbonyl (C=O) groups excluding carboxylic acids is 2. The number of nitrogens with one attached hydrogen (secondary N) is 1. The highest BCUT2D eigenvalue weighted by atomic mass is 16.2. The van der Waals surface area contributed by atoms with E-state index in [1.807, 2.05) is 6.92 Å². The van der Waals surface area contributed by atoms with Crippen molar-refractivity contribution in [1.82, 2.24) is 20.0 Å². The first kappa shape index (κ1) is 17.3. The van der Waals surface area contributed by atoms with E-state index >= 15 is 0 Å². The quantitative estimate of drug-likeness (QED) is 0.865. The molecule has 3 aliphatic rings. The van der Waals surface area contributed by atoms with Gasteiger partial charge in [-0.1, -0.05) is 6.07 Å². The molecule has 0 bridgehead atoms. The monoisotopic (exact) mass is 357 g/mol. The first-order valence-corrected chi connectivity index (χ1v) is 9.37. The molecule has 7 nitrogen and oxygen atoms in total. The molecule has 0 saturated carbocycles. The number of amides is 3. The van der Waals surface area contributed by atoms with Crippen molar-refractivity contribution in [2.24, 2.45) is 0 Å². The molecule has 1 aromatic carbocycles. The normalized spacial score (nSPS) is 29.2. The number of carbonyl (C=O) groups is 2. The van der Waals surface area contributed by atoms with Crippen LogP contribution in [0.15, 0.2) is 18.2 Å². The fourth-order valence-electron chi connectivity index (χ4n) is 4.59. The number of likely N-dealkylation sites (N-methyl/N-ethyl adjacent to an activating group) is 2. The molecule has 0 aliphatic carbocycles. The number of urea groups is 1. The minimum atomic E-state index is -0.323. The van der Waals surface area contributed by atoms with E-state index in [0.717, 1.165) is 25.2 Å². The van der Waals surface area contributed by atoms with Gasteiger partial charge >= 0.3 is 6.03 Å². The Bertz CT molecular complexity index is 731. The number of benzene rings is 1. The highest BCUT2D eigenvalue weighted by Gasteiger charge is 2.55. The Labute approximate surface area is 154 Å². The maximum Gasteiger partial charge on any atom is 0.327 e. The van der Waals surface area contributed by atoms with Crippen LogP contribution in [0.25, 0.3) is 0 Å². The molecule has 3 unspecified atom stereocenters. The molecule has 3 aliphatic heterocycles. The summed E-state index contributed by atoms with van der Waals surface area (Å²) in [4.78, 5) is 33.1. The van der Waals surface area contributed by atoms with Crippen molar-refractivity contribution >= 4 is 17.6 Å². The third-order valence-corrected chi connectivity index (χ3v) is 5.72. The van der Waals surface area contributed by atoms with Crippen LogP contribution in [0.1, 0.15) is 24.5 Å². The van der Waals surface area contributed by atoms with Gasteiger partial charge in [0.05, 0.1) is 0 Å². The highest BCUT2D eigenvalue weighted by Crippen LogP contribution is 2.33. The molecule has 0 radical (unpaired) electrons. The fourth-order valence-corrected chi connectivity index (χ4v) is 4.59. The Balaban J connectivity index is 1.69. The molecule has 4 rings (SSSR count). The van der Waals surface area contributed by atoms with Gasteiger partial charge in [-0.05, 0) is 50.5 Å². The summed E-state index contributed by atoms with van der Waals surface area (Å²) >= 11 is 0. The van der Waals surface area contributed by atoms with E-state index < -0.39 is 0 Å². The first-order chi connectivity index (χ1) is 12.4. The number of rotatable bonds is 2. The molecule has 140 valence electrons. The van der Waals surface area contributed by atoms with Crippen molar-refractivity contribution in [3.63, 3.8) is 0 Å². The molecule has 3 atom stereocenters. The zero-order valence-electron chi connectivity index (χ0n) is 15.9. The van der Waals surface area contributed by atoms with Gasteiger partial charge in [0, 0.05) is 32.4 Å². The number of aryl methyl sites for hydroxylation is 2. The van der Waals surface area contributed by atoms with Gasteiger partial charge in [-0.15, -0.1) is 0 Å². The van der Waals surface area contributed by atoms with Gasteiger partial charge in [-0.3, -0.25) is 19.9 Å². The molecule has 3 heterocycles. The number of nitrogens with zero attached hydrogens (tertiary/aromatic N) is 4. The van der Waals surface area contributed by atoms with Crippen LogP contribution in [-0.2, 0) is 4.79 Å². The van der Waals surface area contributed by atoms with Crippen LogP contribution >= 0.6 is 0 Å². The van der Waals surface area contributed by atoms with Crippen LogP contribution in [-0.4, -0.2) is 71.8 Å². The zero-order chi connectivity index (χ0) is 18.6. The van der Waals surface area contributed by atoms with Gasteiger partial charge in [0.15, 0.2) is 0 Å². The molecule has 7 heteroatoms. The first-order valence-electron chi connectivity index (χ1n) is 9.37. The lowest BCUT2D eigenvalue weighted by atomic mass is 10.1. The second kappa shape index (κ2) is 6.25. The standard InChI is InChI=1S/C19H27N5O2/c1-5-22-17(25)15-16(21(4)19(22)26)20-18-23(7-6-8-24(15)18)14-10-12(2)9-13(3)11-14/h9-11,15-16,18,20H,5-8H2,1-4H3. The van der Waals surface area contributed by atoms with Gasteiger partial charge in [0.2, 0.25) is 0 Å². The molecule has 3 saturated heterocycles. The fraction of sp³-hybridized carbons (Fsp3) is 0.579. The minimum absolute atomic E-state index is 0.0732. The summed E-state index contributed by atoms with van der Waals surface area (Å²) in [5.41, 5.74) is 3.62. The summed E-state index contributed by atoms with van der Waals surface area (Å²) in [6, 6.07) is 6.01. The number of hydrogen-bond acceptors (Lipinski definition) is 5. The Hall–Kier alpha value is -2.12. The van der Waals surface area contributed by atoms with Crippen LogP contribution < -0.4 is 10.2 Å². The molecule has 3 amide bonds. The summed E-state index contributed by atoms with van der Waals surface area (Å²) in [7, 11) is 1.78. The van der Waals surface area contributed by atoms with Gasteiger partial charge in [-0.25, -0.2) is 4.79 Å². The smallest absolute Gasteiger partial charge is 0.327 e. The lowest BCUT2D eigenvalue weighted by Gasteiger charge is -2.43. The van der Waals surface area contributed by atoms with Crippen LogP contribution in [0.2, 0.25) is 0 Å². The van der Waals surface area contributed by atoms with Crippen LogP contribution in [0.4, 0.5) is 10.5 Å². The predicted molar refractivity (Wildman–Crippen MR) is 99.6 cm³/mol. The maximum atomic E-state index is 13.0. The third-order valence-electron chi connectivity index (χ3n) is 5.72. The SMILES string of the molecule is CCN1C(=O)C2C(NC3N(c4cc(C)cc(C)c4)CCCN23)N(C)C1=O. The second-order valence-electron chi connectivity index (χ2n) is 7.54. The summed E-state index contributed by atoms with van der Waals surface area (Å²) < 4.78 is 0. The minimum Gasteiger partial charge on any atom is -0.343 e. The highest BCUT2D eigenvalue weighted by molar-refractivity contribution is 6.00. The summed E-state index contributed by atoms with van der Waals surface area (Å²) in [5, 5.41) is 3.55. The Morgan fingerprint density at radius 2 is 1.81 bits per heavy atom. The average molecular weight is 357 g/mol. The average Bonchev–Trinajstić information content (AvgIpc) is 2.99. The van der Waals surface area contributed by atoms with E-state index in [0.29, 0.717) is 6.54 Å². The Morgan fingerprint density at radius 1 is 1.12 bits per heavy atom. The van der Waals surface area contributed by atoms with E-state index in [-0.39, 0.29) is 30.4 Å².